The van der Waals surface area contributed by atoms with Crippen LogP contribution in [0.15, 0.2) is 78.9 Å². The molecule has 3 aliphatic rings. The van der Waals surface area contributed by atoms with Crippen molar-refractivity contribution in [2.75, 3.05) is 7.11 Å². The minimum Gasteiger partial charge on any atom is -0.469 e. The molecule has 2 nitrogen and oxygen atoms in total. The van der Waals surface area contributed by atoms with Gasteiger partial charge in [0.15, 0.2) is 0 Å². The monoisotopic (exact) mass is 340 g/mol. The number of ether oxygens (including phenoxy) is 1. The highest BCUT2D eigenvalue weighted by molar-refractivity contribution is 5.79. The van der Waals surface area contributed by atoms with Crippen molar-refractivity contribution < 1.29 is 9.53 Å². The Morgan fingerprint density at radius 3 is 1.65 bits per heavy atom. The number of methoxy groups -OCH3 is 1. The SMILES string of the molecule is COC(=O)[C@H]1C2c3ccccc3C(c3ccccc32)[C@@H]1c1ccccc1. The van der Waals surface area contributed by atoms with Crippen LogP contribution in [0.5, 0.6) is 0 Å². The number of esters is 1. The summed E-state index contributed by atoms with van der Waals surface area (Å²) in [6.45, 7) is 0. The second kappa shape index (κ2) is 5.84. The normalized spacial score (nSPS) is 25.3. The number of rotatable bonds is 2. The number of hydrogen-bond acceptors (Lipinski definition) is 2. The van der Waals surface area contributed by atoms with Crippen molar-refractivity contribution in [2.45, 2.75) is 17.8 Å². The van der Waals surface area contributed by atoms with Gasteiger partial charge in [0, 0.05) is 17.8 Å². The second-order valence-electron chi connectivity index (χ2n) is 7.20. The van der Waals surface area contributed by atoms with Gasteiger partial charge in [-0.25, -0.2) is 0 Å². The van der Waals surface area contributed by atoms with Gasteiger partial charge in [-0.3, -0.25) is 4.79 Å². The molecular weight excluding hydrogens is 320 g/mol. The summed E-state index contributed by atoms with van der Waals surface area (Å²) in [5.41, 5.74) is 6.47. The van der Waals surface area contributed by atoms with E-state index in [1.807, 2.05) is 6.07 Å². The van der Waals surface area contributed by atoms with E-state index in [-0.39, 0.29) is 29.6 Å². The largest absolute Gasteiger partial charge is 0.469 e. The Morgan fingerprint density at radius 1 is 0.692 bits per heavy atom. The van der Waals surface area contributed by atoms with Gasteiger partial charge in [-0.05, 0) is 27.8 Å². The Morgan fingerprint density at radius 2 is 1.15 bits per heavy atom. The van der Waals surface area contributed by atoms with Gasteiger partial charge in [0.1, 0.15) is 0 Å². The smallest absolute Gasteiger partial charge is 0.310 e. The highest BCUT2D eigenvalue weighted by Gasteiger charge is 2.53. The average molecular weight is 340 g/mol. The molecule has 6 rings (SSSR count). The predicted molar refractivity (Wildman–Crippen MR) is 101 cm³/mol. The maximum atomic E-state index is 12.9. The summed E-state index contributed by atoms with van der Waals surface area (Å²) < 4.78 is 5.29. The van der Waals surface area contributed by atoms with Crippen LogP contribution in [-0.4, -0.2) is 13.1 Å². The molecular formula is C24H20O2. The van der Waals surface area contributed by atoms with Crippen molar-refractivity contribution in [3.05, 3.63) is 107 Å². The number of carbonyl (C=O) groups excluding carboxylic acids is 1. The van der Waals surface area contributed by atoms with Crippen molar-refractivity contribution in [1.29, 1.82) is 0 Å². The van der Waals surface area contributed by atoms with Crippen molar-refractivity contribution >= 4 is 5.97 Å². The molecule has 128 valence electrons. The van der Waals surface area contributed by atoms with E-state index < -0.39 is 0 Å². The third-order valence-corrected chi connectivity index (χ3v) is 6.10. The van der Waals surface area contributed by atoms with E-state index in [1.54, 1.807) is 0 Å². The molecule has 0 N–H and O–H groups in total. The third-order valence-electron chi connectivity index (χ3n) is 6.10. The molecule has 3 aliphatic carbocycles. The molecule has 2 bridgehead atoms. The first-order valence-corrected chi connectivity index (χ1v) is 9.11. The molecule has 0 aliphatic heterocycles. The lowest BCUT2D eigenvalue weighted by Gasteiger charge is -2.49. The standard InChI is InChI=1S/C24H20O2/c1-26-24(25)23-20(15-9-3-2-4-10-15)21-16-11-5-7-13-18(16)22(23)19-14-8-6-12-17(19)21/h2-14,20-23H,1H3/t20-,21?,22?,23+/m0/s1. The quantitative estimate of drug-likeness (QED) is 0.623. The van der Waals surface area contributed by atoms with Gasteiger partial charge in [0.25, 0.3) is 0 Å². The molecule has 2 heteroatoms. The van der Waals surface area contributed by atoms with Crippen molar-refractivity contribution in [1.82, 2.24) is 0 Å². The van der Waals surface area contributed by atoms with Gasteiger partial charge in [-0.2, -0.15) is 0 Å². The number of benzene rings is 3. The highest BCUT2D eigenvalue weighted by Crippen LogP contribution is 2.61. The maximum absolute atomic E-state index is 12.9. The highest BCUT2D eigenvalue weighted by atomic mass is 16.5. The van der Waals surface area contributed by atoms with Crippen molar-refractivity contribution in [3.8, 4) is 0 Å². The maximum Gasteiger partial charge on any atom is 0.310 e. The van der Waals surface area contributed by atoms with E-state index in [1.165, 1.54) is 34.9 Å². The zero-order valence-electron chi connectivity index (χ0n) is 14.6. The molecule has 0 saturated heterocycles. The number of fused-ring (bicyclic) bond motifs is 1. The fourth-order valence-corrected chi connectivity index (χ4v) is 5.17. The minimum absolute atomic E-state index is 0.0463. The molecule has 3 aromatic rings. The lowest BCUT2D eigenvalue weighted by Crippen LogP contribution is -2.42. The van der Waals surface area contributed by atoms with E-state index in [0.717, 1.165) is 0 Å². The van der Waals surface area contributed by atoms with E-state index in [0.29, 0.717) is 0 Å². The molecule has 0 saturated carbocycles. The van der Waals surface area contributed by atoms with Crippen molar-refractivity contribution in [2.24, 2.45) is 5.92 Å². The molecule has 0 aromatic heterocycles. The fourth-order valence-electron chi connectivity index (χ4n) is 5.17. The first kappa shape index (κ1) is 15.4. The topological polar surface area (TPSA) is 26.3 Å². The summed E-state index contributed by atoms with van der Waals surface area (Å²) in [6.07, 6.45) is 0. The van der Waals surface area contributed by atoms with E-state index >= 15 is 0 Å². The van der Waals surface area contributed by atoms with Crippen LogP contribution in [0.3, 0.4) is 0 Å². The first-order chi connectivity index (χ1) is 12.8. The van der Waals surface area contributed by atoms with Gasteiger partial charge in [-0.1, -0.05) is 78.9 Å². The predicted octanol–water partition coefficient (Wildman–Crippen LogP) is 4.85. The van der Waals surface area contributed by atoms with E-state index in [9.17, 15) is 4.79 Å². The van der Waals surface area contributed by atoms with Gasteiger partial charge >= 0.3 is 5.97 Å². The van der Waals surface area contributed by atoms with Crippen LogP contribution in [0.25, 0.3) is 0 Å². The molecule has 26 heavy (non-hydrogen) atoms. The average Bonchev–Trinajstić information content (AvgIpc) is 2.73. The van der Waals surface area contributed by atoms with Crippen molar-refractivity contribution in [3.63, 3.8) is 0 Å². The molecule has 0 spiro atoms. The minimum atomic E-state index is -0.197. The Bertz CT molecular complexity index is 929. The van der Waals surface area contributed by atoms with E-state index in [2.05, 4.69) is 72.8 Å². The molecule has 0 fully saturated rings. The van der Waals surface area contributed by atoms with Crippen LogP contribution in [0.4, 0.5) is 0 Å². The summed E-state index contributed by atoms with van der Waals surface area (Å²) in [5.74, 6) is 0.0115. The molecule has 3 aromatic carbocycles. The summed E-state index contributed by atoms with van der Waals surface area (Å²) in [6, 6.07) is 27.6. The second-order valence-corrected chi connectivity index (χ2v) is 7.20. The zero-order valence-corrected chi connectivity index (χ0v) is 14.6. The molecule has 2 atom stereocenters. The summed E-state index contributed by atoms with van der Waals surface area (Å²) in [5, 5.41) is 0. The van der Waals surface area contributed by atoms with Crippen LogP contribution in [0, 0.1) is 5.92 Å². The Balaban J connectivity index is 1.82. The Kier molecular flexibility index (Phi) is 3.46. The summed E-state index contributed by atoms with van der Waals surface area (Å²) >= 11 is 0. The van der Waals surface area contributed by atoms with Gasteiger partial charge in [-0.15, -0.1) is 0 Å². The number of hydrogen-bond donors (Lipinski definition) is 0. The van der Waals surface area contributed by atoms with Gasteiger partial charge in [0.2, 0.25) is 0 Å². The Labute approximate surface area is 153 Å². The van der Waals surface area contributed by atoms with Crippen LogP contribution < -0.4 is 0 Å². The van der Waals surface area contributed by atoms with E-state index in [4.69, 9.17) is 4.74 Å². The third kappa shape index (κ3) is 2.02. The lowest BCUT2D eigenvalue weighted by atomic mass is 9.53. The van der Waals surface area contributed by atoms with Crippen LogP contribution in [0.1, 0.15) is 45.6 Å². The van der Waals surface area contributed by atoms with Gasteiger partial charge < -0.3 is 4.74 Å². The number of carbonyl (C=O) groups is 1. The first-order valence-electron chi connectivity index (χ1n) is 9.11. The lowest BCUT2D eigenvalue weighted by molar-refractivity contribution is -0.147. The zero-order chi connectivity index (χ0) is 17.7. The van der Waals surface area contributed by atoms with Gasteiger partial charge in [0.05, 0.1) is 13.0 Å². The Hall–Kier alpha value is -2.87. The molecule has 0 radical (unpaired) electrons. The molecule has 0 amide bonds. The summed E-state index contributed by atoms with van der Waals surface area (Å²) in [7, 11) is 1.50. The molecule has 0 unspecified atom stereocenters. The van der Waals surface area contributed by atoms with Crippen LogP contribution >= 0.6 is 0 Å². The fraction of sp³-hybridized carbons (Fsp3) is 0.208. The summed E-state index contributed by atoms with van der Waals surface area (Å²) in [4.78, 5) is 12.9. The van der Waals surface area contributed by atoms with Crippen LogP contribution in [-0.2, 0) is 9.53 Å². The molecule has 0 heterocycles. The van der Waals surface area contributed by atoms with Crippen LogP contribution in [0.2, 0.25) is 0 Å².